The van der Waals surface area contributed by atoms with Crippen molar-refractivity contribution in [3.8, 4) is 17.0 Å². The van der Waals surface area contributed by atoms with Crippen LogP contribution in [0.5, 0.6) is 5.75 Å². The van der Waals surface area contributed by atoms with E-state index in [1.165, 1.54) is 7.11 Å². The second kappa shape index (κ2) is 12.2. The number of esters is 1. The zero-order valence-electron chi connectivity index (χ0n) is 24.5. The average Bonchev–Trinajstić information content (AvgIpc) is 3.29. The van der Waals surface area contributed by atoms with Gasteiger partial charge in [-0.3, -0.25) is 0 Å². The van der Waals surface area contributed by atoms with Crippen molar-refractivity contribution in [2.45, 2.75) is 70.1 Å². The number of fused-ring (bicyclic) bond motifs is 2. The van der Waals surface area contributed by atoms with Crippen molar-refractivity contribution in [2.75, 3.05) is 20.3 Å². The van der Waals surface area contributed by atoms with Crippen LogP contribution < -0.4 is 4.74 Å². The van der Waals surface area contributed by atoms with Crippen molar-refractivity contribution in [1.29, 1.82) is 0 Å². The molecule has 3 aliphatic rings. The summed E-state index contributed by atoms with van der Waals surface area (Å²) in [6, 6.07) is 8.90. The zero-order valence-corrected chi connectivity index (χ0v) is 26.8. The number of rotatable bonds is 10. The Morgan fingerprint density at radius 3 is 2.61 bits per heavy atom. The van der Waals surface area contributed by atoms with Crippen LogP contribution in [0.2, 0.25) is 10.0 Å². The topological polar surface area (TPSA) is 102 Å². The predicted octanol–water partition coefficient (Wildman–Crippen LogP) is 7.25. The number of methoxy groups -OCH3 is 1. The van der Waals surface area contributed by atoms with E-state index in [1.807, 2.05) is 26.0 Å². The fourth-order valence-corrected chi connectivity index (χ4v) is 7.73. The minimum absolute atomic E-state index is 0.0695. The molecule has 232 valence electrons. The molecule has 0 spiro atoms. The molecule has 7 rings (SSSR count). The molecule has 0 N–H and O–H groups in total. The van der Waals surface area contributed by atoms with E-state index in [2.05, 4.69) is 5.16 Å². The number of hydrogen-bond acceptors (Lipinski definition) is 10. The number of hydrogen-bond donors (Lipinski definition) is 0. The van der Waals surface area contributed by atoms with Crippen LogP contribution in [0.4, 0.5) is 0 Å². The first-order chi connectivity index (χ1) is 21.3. The first-order valence-electron chi connectivity index (χ1n) is 14.8. The van der Waals surface area contributed by atoms with Crippen molar-refractivity contribution >= 4 is 50.7 Å². The summed E-state index contributed by atoms with van der Waals surface area (Å²) in [5.41, 5.74) is 3.33. The highest BCUT2D eigenvalue weighted by Gasteiger charge is 2.48. The number of aromatic nitrogens is 2. The van der Waals surface area contributed by atoms with Gasteiger partial charge in [-0.2, -0.15) is 0 Å². The summed E-state index contributed by atoms with van der Waals surface area (Å²) < 4.78 is 36.6. The van der Waals surface area contributed by atoms with Gasteiger partial charge in [0.2, 0.25) is 0 Å². The van der Waals surface area contributed by atoms with E-state index in [-0.39, 0.29) is 36.9 Å². The number of carbonyl (C=O) groups excluding carboxylic acids is 1. The molecule has 12 heteroatoms. The van der Waals surface area contributed by atoms with Crippen LogP contribution >= 0.6 is 34.5 Å². The Morgan fingerprint density at radius 2 is 1.89 bits per heavy atom. The number of halogens is 2. The summed E-state index contributed by atoms with van der Waals surface area (Å²) in [6.45, 7) is 5.13. The molecule has 2 saturated heterocycles. The number of carbonyl (C=O) groups is 1. The molecular formula is C32H32Cl2N2O7S. The normalized spacial score (nSPS) is 23.0. The lowest BCUT2D eigenvalue weighted by atomic mass is 9.98. The van der Waals surface area contributed by atoms with E-state index < -0.39 is 5.97 Å². The van der Waals surface area contributed by atoms with Crippen LogP contribution in [0.1, 0.15) is 59.3 Å². The Kier molecular flexibility index (Phi) is 8.32. The van der Waals surface area contributed by atoms with Crippen LogP contribution in [0.3, 0.4) is 0 Å². The van der Waals surface area contributed by atoms with Crippen LogP contribution in [0.15, 0.2) is 34.9 Å². The maximum absolute atomic E-state index is 12.3. The summed E-state index contributed by atoms with van der Waals surface area (Å²) >= 11 is 14.6. The molecule has 0 amide bonds. The summed E-state index contributed by atoms with van der Waals surface area (Å²) in [5, 5.41) is 6.33. The third-order valence-electron chi connectivity index (χ3n) is 8.24. The molecule has 1 aliphatic carbocycles. The van der Waals surface area contributed by atoms with Gasteiger partial charge in [0.05, 0.1) is 64.5 Å². The Hall–Kier alpha value is -2.73. The van der Waals surface area contributed by atoms with E-state index in [4.69, 9.17) is 56.4 Å². The number of nitrogens with zero attached hydrogens (tertiary/aromatic N) is 2. The highest BCUT2D eigenvalue weighted by atomic mass is 35.5. The van der Waals surface area contributed by atoms with Crippen LogP contribution in [-0.4, -0.2) is 60.8 Å². The van der Waals surface area contributed by atoms with Gasteiger partial charge in [-0.1, -0.05) is 34.4 Å². The lowest BCUT2D eigenvalue weighted by Crippen LogP contribution is -2.31. The monoisotopic (exact) mass is 658 g/mol. The van der Waals surface area contributed by atoms with Gasteiger partial charge in [0, 0.05) is 29.4 Å². The van der Waals surface area contributed by atoms with E-state index in [0.717, 1.165) is 39.4 Å². The van der Waals surface area contributed by atoms with Gasteiger partial charge in [0.25, 0.3) is 0 Å². The molecule has 4 heterocycles. The standard InChI is InChI=1S/C32H32Cl2N2O7S/c1-15(2)42-22-9-17(32(37)38-3)10-24-28(22)35-25(44-24)11-18-12-40-31-23(14-41-30(18)31)39-13-19-27(36-43-29(19)16-7-8-16)26-20(33)5-4-6-21(26)34/h4-6,9-10,15-16,18,23,30-31H,7-8,11-14H2,1-3H3/t18-,23-,30-,31-/m1/s1. The van der Waals surface area contributed by atoms with Gasteiger partial charge in [0.1, 0.15) is 34.9 Å². The number of ether oxygens (including phenoxy) is 5. The summed E-state index contributed by atoms with van der Waals surface area (Å²) in [4.78, 5) is 17.2. The predicted molar refractivity (Wildman–Crippen MR) is 166 cm³/mol. The van der Waals surface area contributed by atoms with Crippen molar-refractivity contribution in [1.82, 2.24) is 10.1 Å². The van der Waals surface area contributed by atoms with Gasteiger partial charge in [-0.05, 0) is 51.0 Å². The smallest absolute Gasteiger partial charge is 0.338 e. The third kappa shape index (κ3) is 5.72. The zero-order chi connectivity index (χ0) is 30.5. The molecule has 1 saturated carbocycles. The van der Waals surface area contributed by atoms with Crippen molar-refractivity contribution in [3.05, 3.63) is 62.3 Å². The fourth-order valence-electron chi connectivity index (χ4n) is 6.04. The first kappa shape index (κ1) is 30.0. The maximum atomic E-state index is 12.3. The SMILES string of the molecule is COC(=O)c1cc(OC(C)C)c2nc(C[C@@H]3CO[C@H]4[C@@H]3OC[C@H]4OCc3c(-c4c(Cl)cccc4Cl)noc3C3CC3)sc2c1. The summed E-state index contributed by atoms with van der Waals surface area (Å²) in [5.74, 6) is 1.44. The van der Waals surface area contributed by atoms with Crippen LogP contribution in [0, 0.1) is 5.92 Å². The molecule has 44 heavy (non-hydrogen) atoms. The minimum Gasteiger partial charge on any atom is -0.489 e. The molecular weight excluding hydrogens is 627 g/mol. The van der Waals surface area contributed by atoms with E-state index in [9.17, 15) is 4.79 Å². The van der Waals surface area contributed by atoms with Crippen LogP contribution in [0.25, 0.3) is 21.5 Å². The molecule has 2 aromatic carbocycles. The van der Waals surface area contributed by atoms with Crippen LogP contribution in [-0.2, 0) is 32.0 Å². The van der Waals surface area contributed by atoms with Gasteiger partial charge in [-0.25, -0.2) is 9.78 Å². The van der Waals surface area contributed by atoms with Gasteiger partial charge in [0.15, 0.2) is 0 Å². The summed E-state index contributed by atoms with van der Waals surface area (Å²) in [7, 11) is 1.37. The number of thiazole rings is 1. The van der Waals surface area contributed by atoms with Gasteiger partial charge >= 0.3 is 5.97 Å². The molecule has 0 radical (unpaired) electrons. The fraction of sp³-hybridized carbons (Fsp3) is 0.469. The van der Waals surface area contributed by atoms with E-state index in [0.29, 0.717) is 58.2 Å². The summed E-state index contributed by atoms with van der Waals surface area (Å²) in [6.07, 6.45) is 2.16. The molecule has 4 aromatic rings. The quantitative estimate of drug-likeness (QED) is 0.163. The molecule has 0 bridgehead atoms. The first-order valence-corrected chi connectivity index (χ1v) is 16.3. The van der Waals surface area contributed by atoms with Crippen molar-refractivity contribution in [2.24, 2.45) is 5.92 Å². The van der Waals surface area contributed by atoms with Crippen molar-refractivity contribution < 1.29 is 33.0 Å². The Labute approximate surface area is 268 Å². The second-order valence-electron chi connectivity index (χ2n) is 11.7. The van der Waals surface area contributed by atoms with Gasteiger partial charge < -0.3 is 28.2 Å². The molecule has 9 nitrogen and oxygen atoms in total. The van der Waals surface area contributed by atoms with E-state index in [1.54, 1.807) is 29.5 Å². The lowest BCUT2D eigenvalue weighted by molar-refractivity contribution is -0.0402. The molecule has 2 aliphatic heterocycles. The Balaban J connectivity index is 1.06. The molecule has 4 atom stereocenters. The Bertz CT molecular complexity index is 1680. The molecule has 2 aromatic heterocycles. The highest BCUT2D eigenvalue weighted by Crippen LogP contribution is 2.46. The van der Waals surface area contributed by atoms with Crippen molar-refractivity contribution in [3.63, 3.8) is 0 Å². The van der Waals surface area contributed by atoms with E-state index >= 15 is 0 Å². The maximum Gasteiger partial charge on any atom is 0.338 e. The third-order valence-corrected chi connectivity index (χ3v) is 9.90. The minimum atomic E-state index is -0.412. The Morgan fingerprint density at radius 1 is 1.11 bits per heavy atom. The lowest BCUT2D eigenvalue weighted by Gasteiger charge is -2.17. The highest BCUT2D eigenvalue weighted by molar-refractivity contribution is 7.18. The van der Waals surface area contributed by atoms with Gasteiger partial charge in [-0.15, -0.1) is 11.3 Å². The second-order valence-corrected chi connectivity index (χ2v) is 13.7. The molecule has 3 fully saturated rings. The average molecular weight is 660 g/mol. The largest absolute Gasteiger partial charge is 0.489 e. The number of benzene rings is 2. The molecule has 0 unspecified atom stereocenters.